The van der Waals surface area contributed by atoms with Crippen molar-refractivity contribution < 1.29 is 42.2 Å². The van der Waals surface area contributed by atoms with E-state index in [2.05, 4.69) is 34.7 Å². The molecule has 5 rings (SSSR count). The van der Waals surface area contributed by atoms with E-state index in [0.717, 1.165) is 44.2 Å². The molecule has 1 aliphatic rings. The van der Waals surface area contributed by atoms with Crippen LogP contribution in [0.25, 0.3) is 22.0 Å². The molecule has 1 aliphatic carbocycles. The van der Waals surface area contributed by atoms with Crippen molar-refractivity contribution in [3.8, 4) is 22.0 Å². The van der Waals surface area contributed by atoms with E-state index < -0.39 is 39.2 Å². The van der Waals surface area contributed by atoms with Crippen LogP contribution in [0.4, 0.5) is 19.3 Å². The third-order valence-electron chi connectivity index (χ3n) is 6.23. The number of anilines is 1. The number of pyridine rings is 1. The lowest BCUT2D eigenvalue weighted by Crippen LogP contribution is -2.14. The van der Waals surface area contributed by atoms with Gasteiger partial charge >= 0.3 is 14.8 Å². The number of halogens is 2. The first-order valence-corrected chi connectivity index (χ1v) is 14.6. The lowest BCUT2D eigenvalue weighted by molar-refractivity contribution is 0.0139. The SMILES string of the molecule is O=C(O)OCOP(O)OCn1cc(-c2nc(C(=O)Nc3cn(C4CCCCC4)nc3-c3nc(F)ccc3F)cs2)cn1. The minimum atomic E-state index is -2.41. The van der Waals surface area contributed by atoms with Crippen LogP contribution >= 0.6 is 19.9 Å². The third kappa shape index (κ3) is 7.30. The fourth-order valence-corrected chi connectivity index (χ4v) is 5.49. The number of carboxylic acid groups (broad SMARTS) is 1. The number of carbonyl (C=O) groups excluding carboxylic acids is 1. The zero-order valence-corrected chi connectivity index (χ0v) is 23.4. The van der Waals surface area contributed by atoms with Crippen molar-refractivity contribution in [3.05, 3.63) is 53.6 Å². The van der Waals surface area contributed by atoms with Crippen LogP contribution in [0.15, 0.2) is 36.1 Å². The number of nitrogens with one attached hydrogen (secondary N) is 1. The zero-order valence-electron chi connectivity index (χ0n) is 21.7. The fourth-order valence-electron chi connectivity index (χ4n) is 4.28. The number of thiazole rings is 1. The van der Waals surface area contributed by atoms with Gasteiger partial charge in [-0.2, -0.15) is 14.6 Å². The van der Waals surface area contributed by atoms with Crippen LogP contribution in [0.1, 0.15) is 48.6 Å². The molecule has 4 heterocycles. The maximum atomic E-state index is 14.7. The van der Waals surface area contributed by atoms with Gasteiger partial charge in [-0.05, 0) is 25.0 Å². The Kier molecular flexibility index (Phi) is 9.44. The largest absolute Gasteiger partial charge is 0.507 e. The van der Waals surface area contributed by atoms with Gasteiger partial charge in [0.15, 0.2) is 5.82 Å². The molecule has 0 aromatic carbocycles. The summed E-state index contributed by atoms with van der Waals surface area (Å²) in [4.78, 5) is 41.1. The molecular formula is C24H24F2N7O7PS. The van der Waals surface area contributed by atoms with E-state index in [0.29, 0.717) is 10.6 Å². The minimum absolute atomic E-state index is 0.0185. The van der Waals surface area contributed by atoms with Crippen molar-refractivity contribution in [3.63, 3.8) is 0 Å². The summed E-state index contributed by atoms with van der Waals surface area (Å²) in [5, 5.41) is 21.7. The summed E-state index contributed by atoms with van der Waals surface area (Å²) in [6.07, 6.45) is 8.02. The molecule has 14 nitrogen and oxygen atoms in total. The molecule has 42 heavy (non-hydrogen) atoms. The van der Waals surface area contributed by atoms with E-state index in [1.54, 1.807) is 17.1 Å². The van der Waals surface area contributed by atoms with Gasteiger partial charge in [-0.15, -0.1) is 11.3 Å². The van der Waals surface area contributed by atoms with Gasteiger partial charge in [0, 0.05) is 23.3 Å². The monoisotopic (exact) mass is 623 g/mol. The molecule has 1 saturated carbocycles. The maximum Gasteiger partial charge on any atom is 0.507 e. The van der Waals surface area contributed by atoms with Gasteiger partial charge in [0.1, 0.15) is 28.8 Å². The van der Waals surface area contributed by atoms with Crippen LogP contribution < -0.4 is 5.32 Å². The van der Waals surface area contributed by atoms with Crippen LogP contribution in [0.5, 0.6) is 0 Å². The van der Waals surface area contributed by atoms with E-state index in [-0.39, 0.29) is 35.5 Å². The predicted molar refractivity (Wildman–Crippen MR) is 144 cm³/mol. The van der Waals surface area contributed by atoms with Crippen molar-refractivity contribution >= 4 is 37.7 Å². The Bertz CT molecular complexity index is 1560. The van der Waals surface area contributed by atoms with Gasteiger partial charge in [0.2, 0.25) is 12.7 Å². The van der Waals surface area contributed by atoms with Gasteiger partial charge in [0.25, 0.3) is 5.91 Å². The van der Waals surface area contributed by atoms with Crippen LogP contribution in [0, 0.1) is 11.8 Å². The van der Waals surface area contributed by atoms with E-state index in [1.165, 1.54) is 27.6 Å². The Balaban J connectivity index is 1.28. The number of hydrogen-bond donors (Lipinski definition) is 3. The van der Waals surface area contributed by atoms with Crippen molar-refractivity contribution in [2.24, 2.45) is 0 Å². The first kappa shape index (κ1) is 29.6. The molecule has 0 saturated heterocycles. The average Bonchev–Trinajstić information content (AvgIpc) is 3.73. The van der Waals surface area contributed by atoms with Crippen molar-refractivity contribution in [1.82, 2.24) is 29.5 Å². The van der Waals surface area contributed by atoms with Gasteiger partial charge in [-0.1, -0.05) is 19.3 Å². The number of ether oxygens (including phenoxy) is 1. The molecule has 1 fully saturated rings. The van der Waals surface area contributed by atoms with E-state index in [9.17, 15) is 23.3 Å². The van der Waals surface area contributed by atoms with Crippen molar-refractivity contribution in [2.45, 2.75) is 44.9 Å². The minimum Gasteiger partial charge on any atom is -0.450 e. The second-order valence-corrected chi connectivity index (χ2v) is 10.9. The predicted octanol–water partition coefficient (Wildman–Crippen LogP) is 5.16. The average molecular weight is 624 g/mol. The lowest BCUT2D eigenvalue weighted by atomic mass is 9.96. The molecule has 0 bridgehead atoms. The summed E-state index contributed by atoms with van der Waals surface area (Å²) >= 11 is 1.17. The first-order chi connectivity index (χ1) is 20.3. The Morgan fingerprint density at radius 2 is 1.93 bits per heavy atom. The summed E-state index contributed by atoms with van der Waals surface area (Å²) in [7, 11) is -2.41. The standard InChI is InChI=1S/C24H24F2N7O7PS/c25-16-6-7-19(26)30-20(16)21-17(10-33(31-21)15-4-2-1-3-5-15)28-22(34)18-11-42-23(29-18)14-8-27-32(9-14)12-39-41(37)40-13-38-24(35)36/h6-11,15,37H,1-5,12-13H2,(H,28,34)(H,35,36). The highest BCUT2D eigenvalue weighted by atomic mass is 32.1. The number of rotatable bonds is 11. The van der Waals surface area contributed by atoms with Crippen molar-refractivity contribution in [1.29, 1.82) is 0 Å². The Labute approximate surface area is 241 Å². The molecule has 0 radical (unpaired) electrons. The first-order valence-electron chi connectivity index (χ1n) is 12.6. The zero-order chi connectivity index (χ0) is 29.6. The van der Waals surface area contributed by atoms with Crippen LogP contribution in [-0.2, 0) is 20.5 Å². The topological polar surface area (TPSA) is 176 Å². The number of nitrogens with zero attached hydrogens (tertiary/aromatic N) is 6. The number of amides is 1. The molecule has 1 unspecified atom stereocenters. The molecule has 4 aromatic heterocycles. The third-order valence-corrected chi connectivity index (χ3v) is 7.78. The molecular weight excluding hydrogens is 599 g/mol. The molecule has 4 aromatic rings. The highest BCUT2D eigenvalue weighted by Crippen LogP contribution is 2.35. The van der Waals surface area contributed by atoms with E-state index in [4.69, 9.17) is 9.63 Å². The number of carbonyl (C=O) groups is 2. The maximum absolute atomic E-state index is 14.7. The van der Waals surface area contributed by atoms with E-state index >= 15 is 0 Å². The second-order valence-electron chi connectivity index (χ2n) is 9.04. The van der Waals surface area contributed by atoms with Gasteiger partial charge in [-0.25, -0.2) is 23.8 Å². The van der Waals surface area contributed by atoms with Crippen LogP contribution in [0.3, 0.4) is 0 Å². The molecule has 1 amide bonds. The van der Waals surface area contributed by atoms with E-state index in [1.807, 2.05) is 0 Å². The number of hydrogen-bond acceptors (Lipinski definition) is 11. The number of aromatic nitrogens is 6. The van der Waals surface area contributed by atoms with Gasteiger partial charge in [-0.3, -0.25) is 18.5 Å². The molecule has 18 heteroatoms. The highest BCUT2D eigenvalue weighted by Gasteiger charge is 2.24. The Morgan fingerprint density at radius 3 is 2.71 bits per heavy atom. The fraction of sp³-hybridized carbons (Fsp3) is 0.333. The Morgan fingerprint density at radius 1 is 1.12 bits per heavy atom. The summed E-state index contributed by atoms with van der Waals surface area (Å²) in [6.45, 7) is -0.908. The molecule has 0 aliphatic heterocycles. The summed E-state index contributed by atoms with van der Waals surface area (Å²) < 4.78 is 45.4. The quantitative estimate of drug-likeness (QED) is 0.0870. The Hall–Kier alpha value is -3.89. The molecule has 3 N–H and O–H groups in total. The lowest BCUT2D eigenvalue weighted by Gasteiger charge is -2.21. The van der Waals surface area contributed by atoms with Gasteiger partial charge < -0.3 is 20.1 Å². The smallest absolute Gasteiger partial charge is 0.450 e. The molecule has 222 valence electrons. The summed E-state index contributed by atoms with van der Waals surface area (Å²) in [5.74, 6) is -2.23. The van der Waals surface area contributed by atoms with Gasteiger partial charge in [0.05, 0.1) is 17.9 Å². The van der Waals surface area contributed by atoms with Crippen LogP contribution in [0.2, 0.25) is 0 Å². The van der Waals surface area contributed by atoms with Crippen LogP contribution in [-0.4, -0.2) is 58.4 Å². The second kappa shape index (κ2) is 13.4. The summed E-state index contributed by atoms with van der Waals surface area (Å²) in [6, 6.07) is 1.94. The normalized spacial score (nSPS) is 14.5. The van der Waals surface area contributed by atoms with Crippen molar-refractivity contribution in [2.75, 3.05) is 12.1 Å². The molecule has 1 atom stereocenters. The summed E-state index contributed by atoms with van der Waals surface area (Å²) in [5.41, 5.74) is 0.522. The highest BCUT2D eigenvalue weighted by molar-refractivity contribution is 7.40. The molecule has 0 spiro atoms.